The number of carbonyl (C=O) groups is 2. The fourth-order valence-electron chi connectivity index (χ4n) is 2.21. The van der Waals surface area contributed by atoms with E-state index in [4.69, 9.17) is 20.8 Å². The smallest absolute Gasteiger partial charge is 0.338 e. The van der Waals surface area contributed by atoms with Crippen LogP contribution in [0.15, 0.2) is 58.2 Å². The van der Waals surface area contributed by atoms with Crippen molar-refractivity contribution in [3.63, 3.8) is 0 Å². The minimum absolute atomic E-state index is 0.0991. The van der Waals surface area contributed by atoms with Crippen LogP contribution in [-0.4, -0.2) is 34.4 Å². The van der Waals surface area contributed by atoms with Gasteiger partial charge in [-0.1, -0.05) is 23.4 Å². The predicted molar refractivity (Wildman–Crippen MR) is 106 cm³/mol. The second kappa shape index (κ2) is 9.38. The number of amides is 1. The molecule has 28 heavy (non-hydrogen) atoms. The van der Waals surface area contributed by atoms with Crippen LogP contribution < -0.4 is 5.32 Å². The van der Waals surface area contributed by atoms with Gasteiger partial charge in [0.15, 0.2) is 0 Å². The molecule has 0 unspecified atom stereocenters. The summed E-state index contributed by atoms with van der Waals surface area (Å²) in [6, 6.07) is 13.5. The summed E-state index contributed by atoms with van der Waals surface area (Å²) in [5.41, 5.74) is 1.75. The Morgan fingerprint density at radius 3 is 2.50 bits per heavy atom. The Bertz CT molecular complexity index is 958. The monoisotopic (exact) mass is 417 g/mol. The van der Waals surface area contributed by atoms with E-state index < -0.39 is 5.97 Å². The summed E-state index contributed by atoms with van der Waals surface area (Å²) in [7, 11) is 0. The molecule has 7 nitrogen and oxygen atoms in total. The van der Waals surface area contributed by atoms with Gasteiger partial charge in [0.2, 0.25) is 11.8 Å². The average Bonchev–Trinajstić information content (AvgIpc) is 3.17. The summed E-state index contributed by atoms with van der Waals surface area (Å²) in [6.45, 7) is 2.05. The maximum absolute atomic E-state index is 12.1. The first-order valence-corrected chi connectivity index (χ1v) is 9.71. The SMILES string of the molecule is CCOC(=O)c1ccc(NC(=O)CSc2nnc(-c3ccc(Cl)cc3)o2)cc1. The topological polar surface area (TPSA) is 94.3 Å². The van der Waals surface area contributed by atoms with Crippen molar-refractivity contribution < 1.29 is 18.7 Å². The van der Waals surface area contributed by atoms with Crippen molar-refractivity contribution in [2.45, 2.75) is 12.1 Å². The molecule has 0 bridgehead atoms. The molecule has 0 radical (unpaired) electrons. The molecule has 1 N–H and O–H groups in total. The first-order valence-electron chi connectivity index (χ1n) is 8.34. The van der Waals surface area contributed by atoms with Crippen LogP contribution in [0, 0.1) is 0 Å². The lowest BCUT2D eigenvalue weighted by molar-refractivity contribution is -0.113. The maximum atomic E-state index is 12.1. The van der Waals surface area contributed by atoms with Gasteiger partial charge in [-0.2, -0.15) is 0 Å². The first kappa shape index (κ1) is 19.9. The largest absolute Gasteiger partial charge is 0.462 e. The number of hydrogen-bond acceptors (Lipinski definition) is 7. The van der Waals surface area contributed by atoms with Gasteiger partial charge in [-0.25, -0.2) is 4.79 Å². The van der Waals surface area contributed by atoms with Crippen LogP contribution in [0.25, 0.3) is 11.5 Å². The van der Waals surface area contributed by atoms with Crippen molar-refractivity contribution in [1.29, 1.82) is 0 Å². The molecule has 0 aliphatic heterocycles. The standard InChI is InChI=1S/C19H16ClN3O4S/c1-2-26-18(25)13-5-9-15(10-6-13)21-16(24)11-28-19-23-22-17(27-19)12-3-7-14(20)8-4-12/h3-10H,2,11H2,1H3,(H,21,24). The van der Waals surface area contributed by atoms with Crippen molar-refractivity contribution in [3.8, 4) is 11.5 Å². The molecule has 1 aromatic heterocycles. The summed E-state index contributed by atoms with van der Waals surface area (Å²) in [4.78, 5) is 23.7. The van der Waals surface area contributed by atoms with Crippen molar-refractivity contribution >= 4 is 40.9 Å². The molecule has 3 rings (SSSR count). The zero-order valence-corrected chi connectivity index (χ0v) is 16.4. The number of esters is 1. The lowest BCUT2D eigenvalue weighted by Crippen LogP contribution is -2.14. The second-order valence-electron chi connectivity index (χ2n) is 5.51. The summed E-state index contributed by atoms with van der Waals surface area (Å²) >= 11 is 6.98. The van der Waals surface area contributed by atoms with Gasteiger partial charge in [0.05, 0.1) is 17.9 Å². The Kier molecular flexibility index (Phi) is 6.67. The van der Waals surface area contributed by atoms with E-state index in [2.05, 4.69) is 15.5 Å². The molecule has 144 valence electrons. The van der Waals surface area contributed by atoms with Gasteiger partial charge in [0.1, 0.15) is 0 Å². The minimum Gasteiger partial charge on any atom is -0.462 e. The van der Waals surface area contributed by atoms with Gasteiger partial charge in [-0.3, -0.25) is 4.79 Å². The van der Waals surface area contributed by atoms with Crippen molar-refractivity contribution in [1.82, 2.24) is 10.2 Å². The third kappa shape index (κ3) is 5.34. The lowest BCUT2D eigenvalue weighted by Gasteiger charge is -2.05. The Morgan fingerprint density at radius 1 is 1.11 bits per heavy atom. The minimum atomic E-state index is -0.399. The lowest BCUT2D eigenvalue weighted by atomic mass is 10.2. The number of nitrogens with zero attached hydrogens (tertiary/aromatic N) is 2. The van der Waals surface area contributed by atoms with Gasteiger partial charge in [0, 0.05) is 16.3 Å². The molecule has 3 aromatic rings. The highest BCUT2D eigenvalue weighted by Gasteiger charge is 2.12. The molecular formula is C19H16ClN3O4S. The molecule has 1 amide bonds. The number of anilines is 1. The molecule has 9 heteroatoms. The van der Waals surface area contributed by atoms with Crippen LogP contribution in [0.1, 0.15) is 17.3 Å². The number of ether oxygens (including phenoxy) is 1. The predicted octanol–water partition coefficient (Wildman–Crippen LogP) is 4.30. The maximum Gasteiger partial charge on any atom is 0.338 e. The van der Waals surface area contributed by atoms with Crippen LogP contribution >= 0.6 is 23.4 Å². The van der Waals surface area contributed by atoms with E-state index >= 15 is 0 Å². The van der Waals surface area contributed by atoms with Crippen LogP contribution in [0.5, 0.6) is 0 Å². The van der Waals surface area contributed by atoms with E-state index in [0.717, 1.165) is 17.3 Å². The number of rotatable bonds is 7. The molecule has 0 aliphatic carbocycles. The van der Waals surface area contributed by atoms with Gasteiger partial charge in [-0.15, -0.1) is 10.2 Å². The second-order valence-corrected chi connectivity index (χ2v) is 6.88. The van der Waals surface area contributed by atoms with Gasteiger partial charge >= 0.3 is 5.97 Å². The van der Waals surface area contributed by atoms with Crippen molar-refractivity contribution in [2.24, 2.45) is 0 Å². The van der Waals surface area contributed by atoms with Gasteiger partial charge in [-0.05, 0) is 55.5 Å². The van der Waals surface area contributed by atoms with E-state index in [1.165, 1.54) is 0 Å². The number of halogens is 1. The summed E-state index contributed by atoms with van der Waals surface area (Å²) in [6.07, 6.45) is 0. The quantitative estimate of drug-likeness (QED) is 0.452. The Labute approximate surface area is 170 Å². The van der Waals surface area contributed by atoms with E-state index in [-0.39, 0.29) is 16.9 Å². The number of nitrogens with one attached hydrogen (secondary N) is 1. The summed E-state index contributed by atoms with van der Waals surface area (Å²) in [5.74, 6) is -0.180. The molecule has 0 aliphatic rings. The highest BCUT2D eigenvalue weighted by molar-refractivity contribution is 7.99. The van der Waals surface area contributed by atoms with Crippen molar-refractivity contribution in [3.05, 3.63) is 59.1 Å². The zero-order valence-electron chi connectivity index (χ0n) is 14.8. The highest BCUT2D eigenvalue weighted by atomic mass is 35.5. The van der Waals surface area contributed by atoms with Crippen LogP contribution in [0.4, 0.5) is 5.69 Å². The molecule has 0 saturated carbocycles. The van der Waals surface area contributed by atoms with E-state index in [1.54, 1.807) is 55.5 Å². The molecule has 0 fully saturated rings. The van der Waals surface area contributed by atoms with E-state index in [0.29, 0.717) is 28.8 Å². The van der Waals surface area contributed by atoms with Gasteiger partial charge in [0.25, 0.3) is 5.22 Å². The van der Waals surface area contributed by atoms with Crippen LogP contribution in [0.2, 0.25) is 5.02 Å². The van der Waals surface area contributed by atoms with Crippen LogP contribution in [-0.2, 0) is 9.53 Å². The number of hydrogen-bond donors (Lipinski definition) is 1. The number of benzene rings is 2. The third-order valence-corrected chi connectivity index (χ3v) is 4.57. The molecular weight excluding hydrogens is 402 g/mol. The molecule has 0 spiro atoms. The summed E-state index contributed by atoms with van der Waals surface area (Å²) in [5, 5.41) is 11.5. The Morgan fingerprint density at radius 2 is 1.82 bits per heavy atom. The number of thioether (sulfide) groups is 1. The van der Waals surface area contributed by atoms with Crippen molar-refractivity contribution in [2.75, 3.05) is 17.7 Å². The normalized spacial score (nSPS) is 10.5. The van der Waals surface area contributed by atoms with Crippen LogP contribution in [0.3, 0.4) is 0 Å². The number of carbonyl (C=O) groups excluding carboxylic acids is 2. The third-order valence-electron chi connectivity index (χ3n) is 3.50. The zero-order chi connectivity index (χ0) is 19.9. The Hall–Kier alpha value is -2.84. The molecule has 1 heterocycles. The highest BCUT2D eigenvalue weighted by Crippen LogP contribution is 2.24. The number of aromatic nitrogens is 2. The van der Waals surface area contributed by atoms with E-state index in [1.807, 2.05) is 0 Å². The van der Waals surface area contributed by atoms with E-state index in [9.17, 15) is 9.59 Å². The molecule has 0 atom stereocenters. The molecule has 0 saturated heterocycles. The Balaban J connectivity index is 1.52. The fourth-order valence-corrected chi connectivity index (χ4v) is 2.89. The molecule has 2 aromatic carbocycles. The van der Waals surface area contributed by atoms with Gasteiger partial charge < -0.3 is 14.5 Å². The first-order chi connectivity index (χ1) is 13.5. The summed E-state index contributed by atoms with van der Waals surface area (Å²) < 4.78 is 10.5. The fraction of sp³-hybridized carbons (Fsp3) is 0.158. The average molecular weight is 418 g/mol.